The van der Waals surface area contributed by atoms with Gasteiger partial charge < -0.3 is 16.4 Å². The van der Waals surface area contributed by atoms with Crippen LogP contribution in [0.4, 0.5) is 0 Å². The lowest BCUT2D eigenvalue weighted by molar-refractivity contribution is -0.130. The van der Waals surface area contributed by atoms with E-state index in [1.54, 1.807) is 20.8 Å². The lowest BCUT2D eigenvalue weighted by Gasteiger charge is -2.21. The number of rotatable bonds is 5. The van der Waals surface area contributed by atoms with Crippen LogP contribution in [0.25, 0.3) is 0 Å². The third-order valence-electron chi connectivity index (χ3n) is 2.01. The molecule has 0 saturated carbocycles. The van der Waals surface area contributed by atoms with Gasteiger partial charge in [0.15, 0.2) is 0 Å². The van der Waals surface area contributed by atoms with Gasteiger partial charge >= 0.3 is 0 Å². The van der Waals surface area contributed by atoms with Gasteiger partial charge in [-0.3, -0.25) is 9.59 Å². The lowest BCUT2D eigenvalue weighted by Crippen LogP contribution is -2.55. The maximum atomic E-state index is 11.5. The topological polar surface area (TPSA) is 84.2 Å². The number of carbonyl (C=O) groups excluding carboxylic acids is 2. The van der Waals surface area contributed by atoms with Gasteiger partial charge in [-0.2, -0.15) is 0 Å². The van der Waals surface area contributed by atoms with Gasteiger partial charge in [-0.25, -0.2) is 0 Å². The molecule has 0 saturated heterocycles. The van der Waals surface area contributed by atoms with Gasteiger partial charge in [0.05, 0.1) is 5.54 Å². The number of nitrogens with one attached hydrogen (secondary N) is 2. The zero-order valence-corrected chi connectivity index (χ0v) is 10.8. The molecule has 0 aromatic rings. The first-order chi connectivity index (χ1) is 7.14. The predicted molar refractivity (Wildman–Crippen MR) is 63.7 cm³/mol. The molecule has 5 heteroatoms. The van der Waals surface area contributed by atoms with Crippen LogP contribution in [0, 0.1) is 5.92 Å². The van der Waals surface area contributed by atoms with E-state index in [0.29, 0.717) is 12.5 Å². The van der Waals surface area contributed by atoms with Crippen LogP contribution in [-0.2, 0) is 9.59 Å². The summed E-state index contributed by atoms with van der Waals surface area (Å²) in [6.07, 6.45) is 0. The largest absolute Gasteiger partial charge is 0.354 e. The highest BCUT2D eigenvalue weighted by Gasteiger charge is 2.25. The summed E-state index contributed by atoms with van der Waals surface area (Å²) in [5, 5.41) is 5.31. The molecule has 0 aliphatic rings. The van der Waals surface area contributed by atoms with Crippen LogP contribution < -0.4 is 16.4 Å². The summed E-state index contributed by atoms with van der Waals surface area (Å²) in [5.41, 5.74) is 4.64. The molecule has 0 rings (SSSR count). The van der Waals surface area contributed by atoms with Crippen LogP contribution in [0.2, 0.25) is 0 Å². The molecule has 1 atom stereocenters. The second-order valence-electron chi connectivity index (χ2n) is 5.06. The SMILES string of the molecule is CC(C)CNC(=O)C(C)NC(=O)C(C)(C)N. The fourth-order valence-corrected chi connectivity index (χ4v) is 0.906. The van der Waals surface area contributed by atoms with Crippen molar-refractivity contribution < 1.29 is 9.59 Å². The van der Waals surface area contributed by atoms with Gasteiger partial charge in [-0.15, -0.1) is 0 Å². The average molecular weight is 229 g/mol. The first kappa shape index (κ1) is 14.9. The van der Waals surface area contributed by atoms with Crippen molar-refractivity contribution >= 4 is 11.8 Å². The number of carbonyl (C=O) groups is 2. The van der Waals surface area contributed by atoms with Crippen molar-refractivity contribution in [1.82, 2.24) is 10.6 Å². The second kappa shape index (κ2) is 5.84. The molecule has 16 heavy (non-hydrogen) atoms. The van der Waals surface area contributed by atoms with E-state index in [1.807, 2.05) is 13.8 Å². The summed E-state index contributed by atoms with van der Waals surface area (Å²) in [7, 11) is 0. The van der Waals surface area contributed by atoms with Crippen molar-refractivity contribution in [2.24, 2.45) is 11.7 Å². The van der Waals surface area contributed by atoms with Gasteiger partial charge in [0.2, 0.25) is 11.8 Å². The number of hydrogen-bond acceptors (Lipinski definition) is 3. The van der Waals surface area contributed by atoms with Gasteiger partial charge in [0.25, 0.3) is 0 Å². The molecule has 2 amide bonds. The summed E-state index contributed by atoms with van der Waals surface area (Å²) in [6, 6.07) is -0.561. The quantitative estimate of drug-likeness (QED) is 0.620. The van der Waals surface area contributed by atoms with Gasteiger partial charge in [-0.1, -0.05) is 13.8 Å². The summed E-state index contributed by atoms with van der Waals surface area (Å²) in [6.45, 7) is 9.45. The molecule has 0 spiro atoms. The molecular weight excluding hydrogens is 206 g/mol. The molecule has 5 nitrogen and oxygen atoms in total. The van der Waals surface area contributed by atoms with Crippen molar-refractivity contribution in [1.29, 1.82) is 0 Å². The van der Waals surface area contributed by atoms with Crippen LogP contribution in [0.3, 0.4) is 0 Å². The summed E-state index contributed by atoms with van der Waals surface area (Å²) in [4.78, 5) is 23.0. The van der Waals surface area contributed by atoms with Crippen molar-refractivity contribution in [3.05, 3.63) is 0 Å². The molecule has 0 aliphatic carbocycles. The molecule has 0 aliphatic heterocycles. The van der Waals surface area contributed by atoms with Gasteiger partial charge in [-0.05, 0) is 26.7 Å². The maximum absolute atomic E-state index is 11.5. The Morgan fingerprint density at radius 1 is 1.25 bits per heavy atom. The Hall–Kier alpha value is -1.10. The third-order valence-corrected chi connectivity index (χ3v) is 2.01. The predicted octanol–water partition coefficient (Wildman–Crippen LogP) is 0.000600. The average Bonchev–Trinajstić information content (AvgIpc) is 2.12. The fourth-order valence-electron chi connectivity index (χ4n) is 0.906. The zero-order chi connectivity index (χ0) is 12.9. The fraction of sp³-hybridized carbons (Fsp3) is 0.818. The van der Waals surface area contributed by atoms with Crippen molar-refractivity contribution in [3.63, 3.8) is 0 Å². The Morgan fingerprint density at radius 3 is 2.12 bits per heavy atom. The Kier molecular flexibility index (Phi) is 5.44. The molecule has 4 N–H and O–H groups in total. The minimum Gasteiger partial charge on any atom is -0.354 e. The normalized spacial score (nSPS) is 13.4. The van der Waals surface area contributed by atoms with E-state index in [-0.39, 0.29) is 11.8 Å². The highest BCUT2D eigenvalue weighted by atomic mass is 16.2. The number of amides is 2. The Balaban J connectivity index is 4.11. The number of hydrogen-bond donors (Lipinski definition) is 3. The zero-order valence-electron chi connectivity index (χ0n) is 10.8. The van der Waals surface area contributed by atoms with E-state index in [1.165, 1.54) is 0 Å². The van der Waals surface area contributed by atoms with Crippen LogP contribution in [0.1, 0.15) is 34.6 Å². The van der Waals surface area contributed by atoms with E-state index >= 15 is 0 Å². The molecular formula is C11H23N3O2. The lowest BCUT2D eigenvalue weighted by atomic mass is 10.1. The molecule has 0 heterocycles. The standard InChI is InChI=1S/C11H23N3O2/c1-7(2)6-13-9(15)8(3)14-10(16)11(4,5)12/h7-8H,6,12H2,1-5H3,(H,13,15)(H,14,16). The van der Waals surface area contributed by atoms with Gasteiger partial charge in [0, 0.05) is 6.54 Å². The summed E-state index contributed by atoms with van der Waals surface area (Å²) >= 11 is 0. The van der Waals surface area contributed by atoms with E-state index in [9.17, 15) is 9.59 Å². The molecule has 0 aromatic heterocycles. The Bertz CT molecular complexity index is 256. The van der Waals surface area contributed by atoms with Crippen LogP contribution in [0.15, 0.2) is 0 Å². The molecule has 0 radical (unpaired) electrons. The molecule has 0 bridgehead atoms. The number of nitrogens with two attached hydrogens (primary N) is 1. The Labute approximate surface area is 97.2 Å². The van der Waals surface area contributed by atoms with Crippen LogP contribution in [-0.4, -0.2) is 29.9 Å². The molecule has 1 unspecified atom stereocenters. The highest BCUT2D eigenvalue weighted by molar-refractivity contribution is 5.91. The first-order valence-corrected chi connectivity index (χ1v) is 5.52. The first-order valence-electron chi connectivity index (χ1n) is 5.52. The van der Waals surface area contributed by atoms with Crippen molar-refractivity contribution in [2.45, 2.75) is 46.2 Å². The summed E-state index contributed by atoms with van der Waals surface area (Å²) in [5.74, 6) is -0.135. The third kappa shape index (κ3) is 5.70. The van der Waals surface area contributed by atoms with Crippen molar-refractivity contribution in [3.8, 4) is 0 Å². The summed E-state index contributed by atoms with van der Waals surface area (Å²) < 4.78 is 0. The van der Waals surface area contributed by atoms with E-state index < -0.39 is 11.6 Å². The molecule has 0 aromatic carbocycles. The van der Waals surface area contributed by atoms with Crippen molar-refractivity contribution in [2.75, 3.05) is 6.54 Å². The maximum Gasteiger partial charge on any atom is 0.242 e. The van der Waals surface area contributed by atoms with E-state index in [4.69, 9.17) is 5.73 Å². The highest BCUT2D eigenvalue weighted by Crippen LogP contribution is 1.97. The smallest absolute Gasteiger partial charge is 0.242 e. The molecule has 0 fully saturated rings. The monoisotopic (exact) mass is 229 g/mol. The Morgan fingerprint density at radius 2 is 1.75 bits per heavy atom. The van der Waals surface area contributed by atoms with Gasteiger partial charge in [0.1, 0.15) is 6.04 Å². The minimum atomic E-state index is -0.966. The van der Waals surface area contributed by atoms with Crippen LogP contribution in [0.5, 0.6) is 0 Å². The minimum absolute atomic E-state index is 0.189. The van der Waals surface area contributed by atoms with Crippen LogP contribution >= 0.6 is 0 Å². The molecule has 94 valence electrons. The second-order valence-corrected chi connectivity index (χ2v) is 5.06. The van der Waals surface area contributed by atoms with E-state index in [0.717, 1.165) is 0 Å². The van der Waals surface area contributed by atoms with E-state index in [2.05, 4.69) is 10.6 Å².